The van der Waals surface area contributed by atoms with Crippen LogP contribution in [0, 0.1) is 15.9 Å². The Hall–Kier alpha value is -1.91. The van der Waals surface area contributed by atoms with Crippen LogP contribution in [0.25, 0.3) is 6.08 Å². The Morgan fingerprint density at radius 2 is 2.29 bits per heavy atom. The van der Waals surface area contributed by atoms with Crippen molar-refractivity contribution in [2.45, 2.75) is 0 Å². The minimum atomic E-state index is -0.649. The lowest BCUT2D eigenvalue weighted by molar-refractivity contribution is -0.400. The molecule has 0 unspecified atom stereocenters. The average molecular weight is 197 g/mol. The van der Waals surface area contributed by atoms with Gasteiger partial charge in [-0.1, -0.05) is 0 Å². The van der Waals surface area contributed by atoms with Crippen molar-refractivity contribution in [3.05, 3.63) is 45.9 Å². The van der Waals surface area contributed by atoms with Gasteiger partial charge in [-0.05, 0) is 12.1 Å². The summed E-state index contributed by atoms with van der Waals surface area (Å²) >= 11 is 0. The summed E-state index contributed by atoms with van der Waals surface area (Å²) in [6.07, 6.45) is 1.78. The lowest BCUT2D eigenvalue weighted by Crippen LogP contribution is -1.88. The van der Waals surface area contributed by atoms with Gasteiger partial charge in [0.2, 0.25) is 6.20 Å². The number of hydrogen-bond acceptors (Lipinski definition) is 3. The van der Waals surface area contributed by atoms with E-state index in [-0.39, 0.29) is 5.56 Å². The van der Waals surface area contributed by atoms with E-state index in [1.165, 1.54) is 25.3 Å². The van der Waals surface area contributed by atoms with Crippen LogP contribution in [-0.4, -0.2) is 12.0 Å². The Kier molecular flexibility index (Phi) is 3.17. The molecule has 1 aromatic rings. The van der Waals surface area contributed by atoms with Crippen molar-refractivity contribution in [3.8, 4) is 5.75 Å². The maximum absolute atomic E-state index is 13.1. The van der Waals surface area contributed by atoms with E-state index in [0.29, 0.717) is 11.9 Å². The molecule has 0 bridgehead atoms. The van der Waals surface area contributed by atoms with Crippen LogP contribution in [0.1, 0.15) is 5.56 Å². The normalized spacial score (nSPS) is 10.4. The summed E-state index contributed by atoms with van der Waals surface area (Å²) in [6, 6.07) is 4.11. The highest BCUT2D eigenvalue weighted by Crippen LogP contribution is 2.17. The Morgan fingerprint density at radius 3 is 2.79 bits per heavy atom. The van der Waals surface area contributed by atoms with E-state index >= 15 is 0 Å². The Labute approximate surface area is 79.8 Å². The third-order valence-electron chi connectivity index (χ3n) is 1.58. The van der Waals surface area contributed by atoms with Gasteiger partial charge >= 0.3 is 0 Å². The lowest BCUT2D eigenvalue weighted by atomic mass is 10.2. The van der Waals surface area contributed by atoms with Crippen molar-refractivity contribution in [2.24, 2.45) is 0 Å². The first-order chi connectivity index (χ1) is 6.63. The van der Waals surface area contributed by atoms with Gasteiger partial charge in [0.15, 0.2) is 0 Å². The highest BCUT2D eigenvalue weighted by Gasteiger charge is 2.01. The second kappa shape index (κ2) is 4.36. The van der Waals surface area contributed by atoms with E-state index in [2.05, 4.69) is 0 Å². The van der Waals surface area contributed by atoms with Gasteiger partial charge in [-0.3, -0.25) is 10.1 Å². The number of rotatable bonds is 3. The highest BCUT2D eigenvalue weighted by atomic mass is 19.1. The minimum Gasteiger partial charge on any atom is -0.497 e. The quantitative estimate of drug-likeness (QED) is 0.550. The average Bonchev–Trinajstić information content (AvgIpc) is 2.15. The molecule has 0 atom stereocenters. The van der Waals surface area contributed by atoms with E-state index in [9.17, 15) is 14.5 Å². The van der Waals surface area contributed by atoms with Crippen LogP contribution < -0.4 is 4.74 Å². The summed E-state index contributed by atoms with van der Waals surface area (Å²) in [5, 5.41) is 9.98. The van der Waals surface area contributed by atoms with Gasteiger partial charge in [0, 0.05) is 17.7 Å². The zero-order valence-electron chi connectivity index (χ0n) is 7.44. The number of benzene rings is 1. The number of ether oxygens (including phenoxy) is 1. The SMILES string of the molecule is COc1ccc(/C=C/[N+](=O)[O-])c(F)c1. The zero-order valence-corrected chi connectivity index (χ0v) is 7.44. The van der Waals surface area contributed by atoms with Crippen LogP contribution in [0.2, 0.25) is 0 Å². The van der Waals surface area contributed by atoms with E-state index in [4.69, 9.17) is 4.74 Å². The monoisotopic (exact) mass is 197 g/mol. The van der Waals surface area contributed by atoms with Crippen molar-refractivity contribution >= 4 is 6.08 Å². The van der Waals surface area contributed by atoms with E-state index < -0.39 is 10.7 Å². The van der Waals surface area contributed by atoms with Crippen LogP contribution in [0.15, 0.2) is 24.4 Å². The van der Waals surface area contributed by atoms with E-state index in [1.807, 2.05) is 0 Å². The molecule has 0 aromatic heterocycles. The summed E-state index contributed by atoms with van der Waals surface area (Å²) in [5.41, 5.74) is 0.155. The van der Waals surface area contributed by atoms with Gasteiger partial charge in [0.25, 0.3) is 0 Å². The smallest absolute Gasteiger partial charge is 0.235 e. The van der Waals surface area contributed by atoms with Gasteiger partial charge in [-0.2, -0.15) is 0 Å². The Morgan fingerprint density at radius 1 is 1.57 bits per heavy atom. The predicted octanol–water partition coefficient (Wildman–Crippen LogP) is 2.08. The molecule has 0 fully saturated rings. The molecule has 0 aliphatic heterocycles. The summed E-state index contributed by atoms with van der Waals surface area (Å²) in [4.78, 5) is 9.33. The molecule has 4 nitrogen and oxygen atoms in total. The lowest BCUT2D eigenvalue weighted by Gasteiger charge is -2.00. The molecule has 0 radical (unpaired) electrons. The predicted molar refractivity (Wildman–Crippen MR) is 49.0 cm³/mol. The second-order valence-electron chi connectivity index (χ2n) is 2.49. The van der Waals surface area contributed by atoms with Gasteiger partial charge in [-0.15, -0.1) is 0 Å². The van der Waals surface area contributed by atoms with Gasteiger partial charge < -0.3 is 4.74 Å². The summed E-state index contributed by atoms with van der Waals surface area (Å²) in [6.45, 7) is 0. The zero-order chi connectivity index (χ0) is 10.6. The van der Waals surface area contributed by atoms with Crippen molar-refractivity contribution in [1.82, 2.24) is 0 Å². The van der Waals surface area contributed by atoms with Crippen LogP contribution >= 0.6 is 0 Å². The van der Waals surface area contributed by atoms with Crippen LogP contribution in [0.3, 0.4) is 0 Å². The molecule has 0 amide bonds. The van der Waals surface area contributed by atoms with Crippen molar-refractivity contribution in [1.29, 1.82) is 0 Å². The summed E-state index contributed by atoms with van der Waals surface area (Å²) in [7, 11) is 1.42. The van der Waals surface area contributed by atoms with Crippen LogP contribution in [0.5, 0.6) is 5.75 Å². The van der Waals surface area contributed by atoms with Crippen LogP contribution in [0.4, 0.5) is 4.39 Å². The third-order valence-corrected chi connectivity index (χ3v) is 1.58. The topological polar surface area (TPSA) is 52.4 Å². The number of nitro groups is 1. The molecule has 1 aromatic carbocycles. The minimum absolute atomic E-state index is 0.155. The van der Waals surface area contributed by atoms with Crippen LogP contribution in [-0.2, 0) is 0 Å². The highest BCUT2D eigenvalue weighted by molar-refractivity contribution is 5.50. The molecular formula is C9H8FNO3. The fourth-order valence-corrected chi connectivity index (χ4v) is 0.911. The first-order valence-corrected chi connectivity index (χ1v) is 3.78. The maximum Gasteiger partial charge on any atom is 0.235 e. The fraction of sp³-hybridized carbons (Fsp3) is 0.111. The maximum atomic E-state index is 13.1. The first kappa shape index (κ1) is 10.2. The molecular weight excluding hydrogens is 189 g/mol. The van der Waals surface area contributed by atoms with Gasteiger partial charge in [0.1, 0.15) is 11.6 Å². The number of nitrogens with zero attached hydrogens (tertiary/aromatic N) is 1. The molecule has 0 saturated carbocycles. The molecule has 0 heterocycles. The molecule has 74 valence electrons. The first-order valence-electron chi connectivity index (χ1n) is 3.78. The molecule has 0 aliphatic carbocycles. The number of halogens is 1. The van der Waals surface area contributed by atoms with Crippen molar-refractivity contribution in [2.75, 3.05) is 7.11 Å². The largest absolute Gasteiger partial charge is 0.497 e. The number of methoxy groups -OCH3 is 1. The fourth-order valence-electron chi connectivity index (χ4n) is 0.911. The summed E-state index contributed by atoms with van der Waals surface area (Å²) < 4.78 is 17.9. The van der Waals surface area contributed by atoms with E-state index in [0.717, 1.165) is 6.08 Å². The van der Waals surface area contributed by atoms with Crippen molar-refractivity contribution < 1.29 is 14.1 Å². The number of hydrogen-bond donors (Lipinski definition) is 0. The third kappa shape index (κ3) is 2.55. The molecule has 0 N–H and O–H groups in total. The molecule has 1 rings (SSSR count). The molecule has 14 heavy (non-hydrogen) atoms. The Balaban J connectivity index is 2.94. The standard InChI is InChI=1S/C9H8FNO3/c1-14-8-3-2-7(9(10)6-8)4-5-11(12)13/h2-6H,1H3/b5-4+. The van der Waals surface area contributed by atoms with Gasteiger partial charge in [-0.25, -0.2) is 4.39 Å². The molecule has 0 aliphatic rings. The molecule has 5 heteroatoms. The molecule has 0 saturated heterocycles. The van der Waals surface area contributed by atoms with Gasteiger partial charge in [0.05, 0.1) is 12.0 Å². The molecule has 0 spiro atoms. The summed E-state index contributed by atoms with van der Waals surface area (Å²) in [5.74, 6) is -0.178. The van der Waals surface area contributed by atoms with Crippen molar-refractivity contribution in [3.63, 3.8) is 0 Å². The Bertz CT molecular complexity index is 376. The van der Waals surface area contributed by atoms with E-state index in [1.54, 1.807) is 0 Å². The second-order valence-corrected chi connectivity index (χ2v) is 2.49.